The zero-order chi connectivity index (χ0) is 23.1. The number of likely N-dealkylation sites (N-methyl/N-ethyl adjacent to an activating group) is 1. The quantitative estimate of drug-likeness (QED) is 0.680. The number of nitrogens with one attached hydrogen (secondary N) is 2. The average Bonchev–Trinajstić information content (AvgIpc) is 2.90. The number of nitrogens with zero attached hydrogens (tertiary/aromatic N) is 2. The van der Waals surface area contributed by atoms with E-state index in [0.717, 1.165) is 0 Å². The molecule has 0 bridgehead atoms. The summed E-state index contributed by atoms with van der Waals surface area (Å²) in [7, 11) is 1.49. The van der Waals surface area contributed by atoms with Crippen molar-refractivity contribution in [3.8, 4) is 5.75 Å². The molecule has 4 amide bonds. The summed E-state index contributed by atoms with van der Waals surface area (Å²) in [5.74, 6) is -0.810. The monoisotopic (exact) mass is 438 g/mol. The van der Waals surface area contributed by atoms with E-state index in [0.29, 0.717) is 17.1 Å². The summed E-state index contributed by atoms with van der Waals surface area (Å²) >= 11 is 0. The van der Waals surface area contributed by atoms with Crippen LogP contribution >= 0.6 is 0 Å². The number of amides is 4. The minimum atomic E-state index is -0.443. The lowest BCUT2D eigenvalue weighted by atomic mass is 10.1. The number of fused-ring (bicyclic) bond motifs is 1. The second kappa shape index (κ2) is 10.4. The molecule has 0 fully saturated rings. The highest BCUT2D eigenvalue weighted by Crippen LogP contribution is 2.31. The van der Waals surface area contributed by atoms with Crippen molar-refractivity contribution in [3.05, 3.63) is 54.6 Å². The molecule has 1 heterocycles. The van der Waals surface area contributed by atoms with Gasteiger partial charge in [0.2, 0.25) is 17.7 Å². The molecule has 3 rings (SSSR count). The van der Waals surface area contributed by atoms with Crippen LogP contribution in [-0.2, 0) is 19.2 Å². The summed E-state index contributed by atoms with van der Waals surface area (Å²) in [5.41, 5.74) is 1.14. The number of para-hydroxylation sites is 3. The number of benzene rings is 2. The third kappa shape index (κ3) is 5.84. The van der Waals surface area contributed by atoms with Crippen molar-refractivity contribution in [2.24, 2.45) is 0 Å². The molecule has 9 heteroatoms. The van der Waals surface area contributed by atoms with Crippen LogP contribution in [0.25, 0.3) is 0 Å². The maximum Gasteiger partial charge on any atom is 0.258 e. The van der Waals surface area contributed by atoms with Gasteiger partial charge >= 0.3 is 0 Å². The number of ether oxygens (including phenoxy) is 1. The molecule has 1 atom stereocenters. The van der Waals surface area contributed by atoms with E-state index in [-0.39, 0.29) is 44.0 Å². The molecule has 9 nitrogen and oxygen atoms in total. The van der Waals surface area contributed by atoms with Crippen LogP contribution in [0.1, 0.15) is 13.3 Å². The maximum atomic E-state index is 13.0. The fraction of sp³-hybridized carbons (Fsp3) is 0.304. The lowest BCUT2D eigenvalue weighted by Gasteiger charge is -2.29. The Bertz CT molecular complexity index is 995. The fourth-order valence-electron chi connectivity index (χ4n) is 3.36. The predicted molar refractivity (Wildman–Crippen MR) is 119 cm³/mol. The van der Waals surface area contributed by atoms with Gasteiger partial charge in [0.1, 0.15) is 5.75 Å². The van der Waals surface area contributed by atoms with Crippen molar-refractivity contribution in [2.75, 3.05) is 37.0 Å². The van der Waals surface area contributed by atoms with Crippen LogP contribution in [0.15, 0.2) is 54.6 Å². The van der Waals surface area contributed by atoms with Gasteiger partial charge in [0.15, 0.2) is 6.61 Å². The van der Waals surface area contributed by atoms with Gasteiger partial charge in [0.05, 0.1) is 24.5 Å². The van der Waals surface area contributed by atoms with Gasteiger partial charge in [-0.15, -0.1) is 0 Å². The average molecular weight is 438 g/mol. The Kier molecular flexibility index (Phi) is 7.43. The van der Waals surface area contributed by atoms with Gasteiger partial charge in [-0.2, -0.15) is 0 Å². The molecule has 0 saturated heterocycles. The smallest absolute Gasteiger partial charge is 0.258 e. The van der Waals surface area contributed by atoms with Crippen molar-refractivity contribution in [1.29, 1.82) is 0 Å². The van der Waals surface area contributed by atoms with Crippen LogP contribution in [0.5, 0.6) is 5.75 Å². The molecule has 32 heavy (non-hydrogen) atoms. The third-order valence-electron chi connectivity index (χ3n) is 4.98. The molecule has 168 valence electrons. The summed E-state index contributed by atoms with van der Waals surface area (Å²) in [6.45, 7) is 1.12. The van der Waals surface area contributed by atoms with Gasteiger partial charge in [0.25, 0.3) is 5.91 Å². The Morgan fingerprint density at radius 3 is 2.56 bits per heavy atom. The zero-order valence-corrected chi connectivity index (χ0v) is 18.0. The lowest BCUT2D eigenvalue weighted by molar-refractivity contribution is -0.135. The third-order valence-corrected chi connectivity index (χ3v) is 4.98. The normalized spacial score (nSPS) is 15.1. The Labute approximate surface area is 186 Å². The van der Waals surface area contributed by atoms with E-state index in [9.17, 15) is 19.2 Å². The first-order valence-electron chi connectivity index (χ1n) is 10.2. The molecule has 0 spiro atoms. The Balaban J connectivity index is 1.53. The van der Waals surface area contributed by atoms with E-state index >= 15 is 0 Å². The SMILES string of the molecule is C[C@@H]1CC(=O)Nc2ccccc2N1C(=O)CN(C)C(=O)CNC(=O)COc1ccccc1. The van der Waals surface area contributed by atoms with Crippen LogP contribution < -0.4 is 20.3 Å². The van der Waals surface area contributed by atoms with Crippen LogP contribution in [0.4, 0.5) is 11.4 Å². The van der Waals surface area contributed by atoms with Gasteiger partial charge in [-0.25, -0.2) is 0 Å². The summed E-state index contributed by atoms with van der Waals surface area (Å²) in [6.07, 6.45) is 0.148. The van der Waals surface area contributed by atoms with Gasteiger partial charge in [-0.3, -0.25) is 19.2 Å². The van der Waals surface area contributed by atoms with E-state index in [1.54, 1.807) is 55.5 Å². The fourth-order valence-corrected chi connectivity index (χ4v) is 3.36. The minimum Gasteiger partial charge on any atom is -0.484 e. The van der Waals surface area contributed by atoms with Crippen molar-refractivity contribution < 1.29 is 23.9 Å². The second-order valence-corrected chi connectivity index (χ2v) is 7.51. The first kappa shape index (κ1) is 22.8. The molecular weight excluding hydrogens is 412 g/mol. The standard InChI is InChI=1S/C23H26N4O5/c1-16-12-20(28)25-18-10-6-7-11-19(18)27(16)23(31)14-26(2)22(30)13-24-21(29)15-32-17-8-4-3-5-9-17/h3-11,16H,12-15H2,1-2H3,(H,24,29)(H,25,28)/t16-/m1/s1. The Hall–Kier alpha value is -3.88. The molecule has 0 aromatic heterocycles. The number of carbonyl (C=O) groups excluding carboxylic acids is 4. The Morgan fingerprint density at radius 2 is 1.81 bits per heavy atom. The lowest BCUT2D eigenvalue weighted by Crippen LogP contribution is -2.47. The molecule has 2 aromatic carbocycles. The highest BCUT2D eigenvalue weighted by molar-refractivity contribution is 6.05. The minimum absolute atomic E-state index is 0.148. The van der Waals surface area contributed by atoms with E-state index in [1.807, 2.05) is 6.07 Å². The molecule has 0 radical (unpaired) electrons. The second-order valence-electron chi connectivity index (χ2n) is 7.51. The van der Waals surface area contributed by atoms with Crippen LogP contribution in [0, 0.1) is 0 Å². The van der Waals surface area contributed by atoms with E-state index < -0.39 is 11.8 Å². The molecular formula is C23H26N4O5. The summed E-state index contributed by atoms with van der Waals surface area (Å²) < 4.78 is 5.34. The molecule has 0 saturated carbocycles. The van der Waals surface area contributed by atoms with Crippen molar-refractivity contribution in [3.63, 3.8) is 0 Å². The van der Waals surface area contributed by atoms with Crippen molar-refractivity contribution in [1.82, 2.24) is 10.2 Å². The van der Waals surface area contributed by atoms with Crippen LogP contribution in [0.2, 0.25) is 0 Å². The summed E-state index contributed by atoms with van der Waals surface area (Å²) in [5, 5.41) is 5.29. The van der Waals surface area contributed by atoms with E-state index in [2.05, 4.69) is 10.6 Å². The van der Waals surface area contributed by atoms with Gasteiger partial charge in [-0.05, 0) is 31.2 Å². The van der Waals surface area contributed by atoms with E-state index in [1.165, 1.54) is 16.8 Å². The molecule has 2 N–H and O–H groups in total. The number of hydrogen-bond donors (Lipinski definition) is 2. The molecule has 1 aliphatic rings. The maximum absolute atomic E-state index is 13.0. The predicted octanol–water partition coefficient (Wildman–Crippen LogP) is 1.40. The van der Waals surface area contributed by atoms with Gasteiger partial charge in [-0.1, -0.05) is 30.3 Å². The number of rotatable bonds is 7. The Morgan fingerprint density at radius 1 is 1.12 bits per heavy atom. The van der Waals surface area contributed by atoms with Gasteiger partial charge < -0.3 is 25.2 Å². The summed E-state index contributed by atoms with van der Waals surface area (Å²) in [4.78, 5) is 52.3. The molecule has 1 aliphatic heterocycles. The first-order valence-corrected chi connectivity index (χ1v) is 10.2. The van der Waals surface area contributed by atoms with Crippen LogP contribution in [-0.4, -0.2) is 61.3 Å². The highest BCUT2D eigenvalue weighted by atomic mass is 16.5. The van der Waals surface area contributed by atoms with Gasteiger partial charge in [0, 0.05) is 19.5 Å². The zero-order valence-electron chi connectivity index (χ0n) is 18.0. The van der Waals surface area contributed by atoms with E-state index in [4.69, 9.17) is 4.74 Å². The van der Waals surface area contributed by atoms with Crippen molar-refractivity contribution >= 4 is 35.0 Å². The topological polar surface area (TPSA) is 108 Å². The number of hydrogen-bond acceptors (Lipinski definition) is 5. The summed E-state index contributed by atoms with van der Waals surface area (Å²) in [6, 6.07) is 15.5. The first-order chi connectivity index (χ1) is 15.3. The van der Waals surface area contributed by atoms with Crippen LogP contribution in [0.3, 0.4) is 0 Å². The number of anilines is 2. The largest absolute Gasteiger partial charge is 0.484 e. The molecule has 2 aromatic rings. The molecule has 0 aliphatic carbocycles. The van der Waals surface area contributed by atoms with Crippen molar-refractivity contribution in [2.45, 2.75) is 19.4 Å². The molecule has 0 unspecified atom stereocenters. The highest BCUT2D eigenvalue weighted by Gasteiger charge is 2.30. The number of carbonyl (C=O) groups is 4.